The molecule has 0 N–H and O–H groups in total. The summed E-state index contributed by atoms with van der Waals surface area (Å²) in [5.41, 5.74) is 16.1. The topological polar surface area (TPSA) is 72.3 Å². The third-order valence-electron chi connectivity index (χ3n) is 12.2. The molecule has 0 aliphatic heterocycles. The number of nitriles is 1. The zero-order chi connectivity index (χ0) is 42.6. The van der Waals surface area contributed by atoms with Crippen molar-refractivity contribution in [1.29, 1.82) is 5.26 Å². The van der Waals surface area contributed by atoms with Gasteiger partial charge in [0, 0.05) is 49.4 Å². The number of fused-ring (bicyclic) bond motifs is 6. The largest absolute Gasteiger partial charge is 0.307 e. The molecule has 6 nitrogen and oxygen atoms in total. The van der Waals surface area contributed by atoms with Crippen LogP contribution in [-0.4, -0.2) is 24.1 Å². The minimum Gasteiger partial charge on any atom is -0.307 e. The van der Waals surface area contributed by atoms with E-state index in [9.17, 15) is 5.26 Å². The molecule has 6 heteroatoms. The maximum Gasteiger partial charge on any atom is 0.0991 e. The zero-order valence-corrected chi connectivity index (χ0v) is 34.5. The van der Waals surface area contributed by atoms with E-state index in [2.05, 4.69) is 167 Å². The lowest BCUT2D eigenvalue weighted by molar-refractivity contribution is 1.09. The number of hydrogen-bond donors (Lipinski definition) is 0. The summed E-state index contributed by atoms with van der Waals surface area (Å²) in [5.74, 6) is 0. The first-order chi connectivity index (χ1) is 31.7. The molecule has 0 atom stereocenters. The van der Waals surface area contributed by atoms with Crippen molar-refractivity contribution < 1.29 is 0 Å². The van der Waals surface area contributed by atoms with Gasteiger partial charge < -0.3 is 9.13 Å². The number of nitrogens with zero attached hydrogens (tertiary/aromatic N) is 6. The molecule has 7 aromatic carbocycles. The number of aromatic nitrogens is 5. The van der Waals surface area contributed by atoms with Gasteiger partial charge in [0.25, 0.3) is 0 Å². The van der Waals surface area contributed by atoms with E-state index in [-0.39, 0.29) is 0 Å². The monoisotopic (exact) mass is 816 g/mol. The Labute approximate surface area is 369 Å². The highest BCUT2D eigenvalue weighted by atomic mass is 15.0. The van der Waals surface area contributed by atoms with Crippen LogP contribution in [0.15, 0.2) is 219 Å². The number of rotatable bonds is 7. The lowest BCUT2D eigenvalue weighted by Gasteiger charge is -2.20. The van der Waals surface area contributed by atoms with Gasteiger partial charge in [-0.15, -0.1) is 0 Å². The second-order valence-corrected chi connectivity index (χ2v) is 16.0. The Morgan fingerprint density at radius 1 is 0.344 bits per heavy atom. The molecule has 0 unspecified atom stereocenters. The Bertz CT molecular complexity index is 3580. The highest BCUT2D eigenvalue weighted by Crippen LogP contribution is 2.43. The highest BCUT2D eigenvalue weighted by Gasteiger charge is 2.23. The fraction of sp³-hybridized carbons (Fsp3) is 0. The number of hydrogen-bond acceptors (Lipinski definition) is 4. The fourth-order valence-electron chi connectivity index (χ4n) is 9.33. The third kappa shape index (κ3) is 6.14. The third-order valence-corrected chi connectivity index (χ3v) is 12.2. The van der Waals surface area contributed by atoms with Gasteiger partial charge in [0.15, 0.2) is 0 Å². The minimum absolute atomic E-state index is 0.578. The number of pyridine rings is 3. The second-order valence-electron chi connectivity index (χ2n) is 16.0. The summed E-state index contributed by atoms with van der Waals surface area (Å²) in [6.07, 6.45) is 3.92. The Kier molecular flexibility index (Phi) is 8.77. The summed E-state index contributed by atoms with van der Waals surface area (Å²) >= 11 is 0. The van der Waals surface area contributed by atoms with Gasteiger partial charge in [0.05, 0.1) is 80.2 Å². The number of para-hydroxylation sites is 2. The predicted molar refractivity (Wildman–Crippen MR) is 260 cm³/mol. The van der Waals surface area contributed by atoms with Crippen LogP contribution in [0.3, 0.4) is 0 Å². The Hall–Kier alpha value is -8.92. The summed E-state index contributed by atoms with van der Waals surface area (Å²) in [4.78, 5) is 15.4. The van der Waals surface area contributed by atoms with Gasteiger partial charge in [-0.25, -0.2) is 9.97 Å². The molecule has 298 valence electrons. The van der Waals surface area contributed by atoms with Crippen LogP contribution in [0.2, 0.25) is 0 Å². The van der Waals surface area contributed by atoms with Crippen LogP contribution in [-0.2, 0) is 0 Å². The molecule has 0 spiro atoms. The van der Waals surface area contributed by atoms with Crippen LogP contribution >= 0.6 is 0 Å². The predicted octanol–water partition coefficient (Wildman–Crippen LogP) is 14.3. The van der Waals surface area contributed by atoms with E-state index in [1.54, 1.807) is 0 Å². The summed E-state index contributed by atoms with van der Waals surface area (Å²) in [6.45, 7) is 0. The van der Waals surface area contributed by atoms with Crippen LogP contribution < -0.4 is 0 Å². The van der Waals surface area contributed by atoms with Crippen molar-refractivity contribution in [3.63, 3.8) is 0 Å². The van der Waals surface area contributed by atoms with Crippen molar-refractivity contribution in [2.75, 3.05) is 0 Å². The molecule has 0 saturated heterocycles. The van der Waals surface area contributed by atoms with Crippen LogP contribution in [0.1, 0.15) is 5.56 Å². The van der Waals surface area contributed by atoms with Gasteiger partial charge in [-0.2, -0.15) is 5.26 Å². The lowest BCUT2D eigenvalue weighted by Crippen LogP contribution is -2.05. The van der Waals surface area contributed by atoms with E-state index >= 15 is 0 Å². The van der Waals surface area contributed by atoms with Crippen molar-refractivity contribution >= 4 is 43.6 Å². The molecule has 0 bridgehead atoms. The molecule has 64 heavy (non-hydrogen) atoms. The standard InChI is InChI=1S/C58H36N6/c59-35-38-14-11-19-43(32-38)58-56(63-52-26-9-7-20-44(52)46-30-28-41(33-54(46)63)50-24-12-22-48(61-50)39-15-3-1-4-16-39)36-60-37-57(58)64-53-27-10-8-21-45(53)47-31-29-42(34-55(47)64)51-25-13-23-49(62-51)40-17-5-2-6-18-40/h1-34,36-37H. The molecule has 0 aliphatic carbocycles. The quantitative estimate of drug-likeness (QED) is 0.161. The first-order valence-electron chi connectivity index (χ1n) is 21.3. The molecular weight excluding hydrogens is 781 g/mol. The van der Waals surface area contributed by atoms with E-state index in [0.717, 1.165) is 111 Å². The van der Waals surface area contributed by atoms with Gasteiger partial charge in [0.2, 0.25) is 0 Å². The van der Waals surface area contributed by atoms with Crippen molar-refractivity contribution in [1.82, 2.24) is 24.1 Å². The Morgan fingerprint density at radius 2 is 0.766 bits per heavy atom. The number of benzene rings is 7. The maximum absolute atomic E-state index is 10.3. The van der Waals surface area contributed by atoms with E-state index in [1.807, 2.05) is 67.0 Å². The van der Waals surface area contributed by atoms with Crippen molar-refractivity contribution in [2.45, 2.75) is 0 Å². The fourth-order valence-corrected chi connectivity index (χ4v) is 9.33. The van der Waals surface area contributed by atoms with E-state index in [4.69, 9.17) is 15.0 Å². The van der Waals surface area contributed by atoms with E-state index in [0.29, 0.717) is 5.56 Å². The van der Waals surface area contributed by atoms with Crippen LogP contribution in [0.4, 0.5) is 0 Å². The van der Waals surface area contributed by atoms with Gasteiger partial charge in [-0.05, 0) is 66.2 Å². The summed E-state index contributed by atoms with van der Waals surface area (Å²) in [7, 11) is 0. The average molecular weight is 817 g/mol. The molecule has 5 aromatic heterocycles. The SMILES string of the molecule is N#Cc1cccc(-c2c(-n3c4ccccc4c4ccc(-c5cccc(-c6ccccc6)n5)cc43)cncc2-n2c3ccccc3c3ccc(-c4cccc(-c5ccccc5)n4)cc32)c1. The van der Waals surface area contributed by atoms with Crippen LogP contribution in [0.5, 0.6) is 0 Å². The summed E-state index contributed by atoms with van der Waals surface area (Å²) in [6, 6.07) is 73.7. The minimum atomic E-state index is 0.578. The van der Waals surface area contributed by atoms with E-state index in [1.165, 1.54) is 0 Å². The molecule has 12 aromatic rings. The molecular formula is C58H36N6. The average Bonchev–Trinajstić information content (AvgIpc) is 3.88. The molecule has 0 radical (unpaired) electrons. The molecule has 0 saturated carbocycles. The molecule has 0 aliphatic rings. The van der Waals surface area contributed by atoms with Crippen LogP contribution in [0, 0.1) is 11.3 Å². The molecule has 0 fully saturated rings. The van der Waals surface area contributed by atoms with Crippen molar-refractivity contribution in [3.8, 4) is 73.6 Å². The summed E-state index contributed by atoms with van der Waals surface area (Å²) in [5, 5.41) is 14.8. The van der Waals surface area contributed by atoms with Gasteiger partial charge in [-0.3, -0.25) is 4.98 Å². The normalized spacial score (nSPS) is 11.4. The smallest absolute Gasteiger partial charge is 0.0991 e. The van der Waals surface area contributed by atoms with Crippen LogP contribution in [0.25, 0.3) is 111 Å². The van der Waals surface area contributed by atoms with Gasteiger partial charge in [-0.1, -0.05) is 146 Å². The molecule has 12 rings (SSSR count). The second kappa shape index (κ2) is 15.2. The van der Waals surface area contributed by atoms with Gasteiger partial charge >= 0.3 is 0 Å². The first-order valence-corrected chi connectivity index (χ1v) is 21.3. The zero-order valence-electron chi connectivity index (χ0n) is 34.5. The van der Waals surface area contributed by atoms with Gasteiger partial charge in [0.1, 0.15) is 0 Å². The van der Waals surface area contributed by atoms with E-state index < -0.39 is 0 Å². The Balaban J connectivity index is 1.13. The Morgan fingerprint density at radius 3 is 1.27 bits per heavy atom. The first kappa shape index (κ1) is 36.9. The summed E-state index contributed by atoms with van der Waals surface area (Å²) < 4.78 is 4.66. The highest BCUT2D eigenvalue weighted by molar-refractivity contribution is 6.13. The maximum atomic E-state index is 10.3. The van der Waals surface area contributed by atoms with Crippen molar-refractivity contribution in [3.05, 3.63) is 224 Å². The lowest BCUT2D eigenvalue weighted by atomic mass is 10.0. The molecule has 0 amide bonds. The van der Waals surface area contributed by atoms with Crippen molar-refractivity contribution in [2.24, 2.45) is 0 Å². The molecule has 5 heterocycles.